The zero-order valence-electron chi connectivity index (χ0n) is 5.71. The Kier molecular flexibility index (Phi) is 2.58. The first-order valence-electron chi connectivity index (χ1n) is 3.72. The molecule has 1 atom stereocenters. The lowest BCUT2D eigenvalue weighted by Crippen LogP contribution is -2.16. The Labute approximate surface area is 57.9 Å². The van der Waals surface area contributed by atoms with Gasteiger partial charge in [-0.2, -0.15) is 0 Å². The van der Waals surface area contributed by atoms with E-state index in [1.54, 1.807) is 0 Å². The predicted molar refractivity (Wildman–Crippen MR) is 38.5 cm³/mol. The topological polar surface area (TPSA) is 20.2 Å². The van der Waals surface area contributed by atoms with Crippen LogP contribution < -0.4 is 0 Å². The fourth-order valence-corrected chi connectivity index (χ4v) is 1.53. The van der Waals surface area contributed by atoms with Crippen molar-refractivity contribution in [1.29, 1.82) is 0 Å². The van der Waals surface area contributed by atoms with Crippen LogP contribution in [0.25, 0.3) is 0 Å². The molecule has 1 nitrogen and oxygen atoms in total. The molecule has 50 valence electrons. The van der Waals surface area contributed by atoms with E-state index in [-0.39, 0.29) is 6.10 Å². The molecule has 0 heterocycles. The van der Waals surface area contributed by atoms with Gasteiger partial charge in [-0.3, -0.25) is 0 Å². The quantitative estimate of drug-likeness (QED) is 0.547. The lowest BCUT2D eigenvalue weighted by Gasteiger charge is -2.14. The summed E-state index contributed by atoms with van der Waals surface area (Å²) in [6, 6.07) is 0. The third kappa shape index (κ3) is 1.72. The van der Waals surface area contributed by atoms with Gasteiger partial charge in [0.15, 0.2) is 0 Å². The Balaban J connectivity index is 2.24. The van der Waals surface area contributed by atoms with Crippen molar-refractivity contribution in [3.63, 3.8) is 0 Å². The molecule has 2 heteroatoms. The highest BCUT2D eigenvalue weighted by atomic mass is 16.3. The first kappa shape index (κ1) is 7.14. The third-order valence-electron chi connectivity index (χ3n) is 2.19. The van der Waals surface area contributed by atoms with Gasteiger partial charge in [0.25, 0.3) is 0 Å². The monoisotopic (exact) mass is 124 g/mol. The van der Waals surface area contributed by atoms with Crippen LogP contribution in [0.15, 0.2) is 0 Å². The summed E-state index contributed by atoms with van der Waals surface area (Å²) in [5.41, 5.74) is 0. The molecule has 1 rings (SSSR count). The van der Waals surface area contributed by atoms with Gasteiger partial charge in [0.1, 0.15) is 0 Å². The van der Waals surface area contributed by atoms with Crippen LogP contribution in [-0.4, -0.2) is 19.1 Å². The van der Waals surface area contributed by atoms with Gasteiger partial charge in [-0.05, 0) is 18.8 Å². The summed E-state index contributed by atoms with van der Waals surface area (Å²) in [5.74, 6) is 0.509. The summed E-state index contributed by atoms with van der Waals surface area (Å²) < 4.78 is 0. The molecule has 1 N–H and O–H groups in total. The van der Waals surface area contributed by atoms with E-state index in [1.807, 2.05) is 0 Å². The molecular formula is C7H13BO. The van der Waals surface area contributed by atoms with Gasteiger partial charge >= 0.3 is 0 Å². The maximum atomic E-state index is 9.23. The van der Waals surface area contributed by atoms with Crippen molar-refractivity contribution in [2.24, 2.45) is 5.92 Å². The van der Waals surface area contributed by atoms with Crippen molar-refractivity contribution in [3.05, 3.63) is 0 Å². The normalized spacial score (nSPS) is 24.6. The highest BCUT2D eigenvalue weighted by Crippen LogP contribution is 2.28. The van der Waals surface area contributed by atoms with Gasteiger partial charge in [-0.15, -0.1) is 0 Å². The first-order chi connectivity index (χ1) is 4.34. The second kappa shape index (κ2) is 3.26. The van der Waals surface area contributed by atoms with Crippen molar-refractivity contribution in [2.75, 3.05) is 0 Å². The summed E-state index contributed by atoms with van der Waals surface area (Å²) in [7, 11) is 5.30. The standard InChI is InChI=1S/C7H13BO/c8-5-7(9)6-3-1-2-4-6/h6-7,9H,1-5H2/t7-/m1/s1. The van der Waals surface area contributed by atoms with Gasteiger partial charge in [-0.1, -0.05) is 19.2 Å². The van der Waals surface area contributed by atoms with E-state index in [1.165, 1.54) is 25.7 Å². The first-order valence-corrected chi connectivity index (χ1v) is 3.72. The smallest absolute Gasteiger partial charge is 0.0688 e. The van der Waals surface area contributed by atoms with Gasteiger partial charge in [0.2, 0.25) is 0 Å². The van der Waals surface area contributed by atoms with Crippen LogP contribution in [0.1, 0.15) is 25.7 Å². The average molecular weight is 124 g/mol. The molecule has 0 amide bonds. The molecule has 1 fully saturated rings. The van der Waals surface area contributed by atoms with Crippen molar-refractivity contribution >= 4 is 7.85 Å². The van der Waals surface area contributed by atoms with E-state index in [0.717, 1.165) is 0 Å². The lowest BCUT2D eigenvalue weighted by atomic mass is 9.89. The van der Waals surface area contributed by atoms with Crippen LogP contribution in [0, 0.1) is 5.92 Å². The highest BCUT2D eigenvalue weighted by molar-refractivity contribution is 6.08. The zero-order chi connectivity index (χ0) is 6.69. The Morgan fingerprint density at radius 2 is 2.00 bits per heavy atom. The Morgan fingerprint density at radius 1 is 1.44 bits per heavy atom. The summed E-state index contributed by atoms with van der Waals surface area (Å²) in [5, 5.41) is 9.23. The second-order valence-electron chi connectivity index (χ2n) is 2.85. The highest BCUT2D eigenvalue weighted by Gasteiger charge is 2.20. The molecule has 0 aromatic heterocycles. The number of aliphatic hydroxyl groups is 1. The van der Waals surface area contributed by atoms with Crippen LogP contribution in [0.3, 0.4) is 0 Å². The molecule has 0 aliphatic heterocycles. The minimum absolute atomic E-state index is 0.229. The lowest BCUT2D eigenvalue weighted by molar-refractivity contribution is 0.129. The molecule has 0 aromatic rings. The van der Waals surface area contributed by atoms with Crippen LogP contribution in [0.4, 0.5) is 0 Å². The number of rotatable bonds is 2. The second-order valence-corrected chi connectivity index (χ2v) is 2.85. The minimum Gasteiger partial charge on any atom is -0.394 e. The van der Waals surface area contributed by atoms with Crippen LogP contribution in [0.2, 0.25) is 6.32 Å². The molecule has 0 unspecified atom stereocenters. The van der Waals surface area contributed by atoms with E-state index >= 15 is 0 Å². The molecule has 0 spiro atoms. The fourth-order valence-electron chi connectivity index (χ4n) is 1.53. The largest absolute Gasteiger partial charge is 0.394 e. The molecule has 0 saturated heterocycles. The molecule has 1 aliphatic rings. The van der Waals surface area contributed by atoms with E-state index in [2.05, 4.69) is 0 Å². The number of aliphatic hydroxyl groups excluding tert-OH is 1. The molecule has 1 saturated carbocycles. The fraction of sp³-hybridized carbons (Fsp3) is 1.00. The van der Waals surface area contributed by atoms with Gasteiger partial charge in [0, 0.05) is 6.10 Å². The summed E-state index contributed by atoms with van der Waals surface area (Å²) >= 11 is 0. The van der Waals surface area contributed by atoms with E-state index in [4.69, 9.17) is 7.85 Å². The third-order valence-corrected chi connectivity index (χ3v) is 2.19. The Morgan fingerprint density at radius 3 is 2.44 bits per heavy atom. The molecule has 9 heavy (non-hydrogen) atoms. The number of hydrogen-bond acceptors (Lipinski definition) is 1. The van der Waals surface area contributed by atoms with Crippen LogP contribution in [-0.2, 0) is 0 Å². The van der Waals surface area contributed by atoms with E-state index in [9.17, 15) is 5.11 Å². The SMILES string of the molecule is [B]C[C@@H](O)C1CCCC1. The van der Waals surface area contributed by atoms with Crippen LogP contribution >= 0.6 is 0 Å². The Hall–Kier alpha value is 0.0249. The zero-order valence-corrected chi connectivity index (χ0v) is 5.71. The Bertz CT molecular complexity index is 79.0. The molecule has 1 aliphatic carbocycles. The van der Waals surface area contributed by atoms with Crippen molar-refractivity contribution in [1.82, 2.24) is 0 Å². The van der Waals surface area contributed by atoms with Crippen molar-refractivity contribution < 1.29 is 5.11 Å². The summed E-state index contributed by atoms with van der Waals surface area (Å²) in [6.07, 6.45) is 5.12. The number of hydrogen-bond donors (Lipinski definition) is 1. The summed E-state index contributed by atoms with van der Waals surface area (Å²) in [4.78, 5) is 0. The van der Waals surface area contributed by atoms with E-state index in [0.29, 0.717) is 12.2 Å². The molecule has 0 aromatic carbocycles. The molecule has 2 radical (unpaired) electrons. The van der Waals surface area contributed by atoms with Gasteiger partial charge in [0.05, 0.1) is 7.85 Å². The average Bonchev–Trinajstić information content (AvgIpc) is 2.37. The maximum absolute atomic E-state index is 9.23. The van der Waals surface area contributed by atoms with Crippen molar-refractivity contribution in [3.8, 4) is 0 Å². The maximum Gasteiger partial charge on any atom is 0.0688 e. The molecular weight excluding hydrogens is 111 g/mol. The molecule has 0 bridgehead atoms. The minimum atomic E-state index is -0.229. The summed E-state index contributed by atoms with van der Waals surface area (Å²) in [6.45, 7) is 0. The van der Waals surface area contributed by atoms with Crippen molar-refractivity contribution in [2.45, 2.75) is 38.1 Å². The van der Waals surface area contributed by atoms with Gasteiger partial charge < -0.3 is 5.11 Å². The van der Waals surface area contributed by atoms with Gasteiger partial charge in [-0.25, -0.2) is 0 Å². The van der Waals surface area contributed by atoms with E-state index < -0.39 is 0 Å². The predicted octanol–water partition coefficient (Wildman–Crippen LogP) is 1.12. The van der Waals surface area contributed by atoms with Crippen LogP contribution in [0.5, 0.6) is 0 Å².